The van der Waals surface area contributed by atoms with Gasteiger partial charge in [-0.25, -0.2) is 0 Å². The molecular weight excluding hydrogens is 194 g/mol. The first kappa shape index (κ1) is 14.4. The molecular formula is C11H23NO3. The predicted molar refractivity (Wildman–Crippen MR) is 59.8 cm³/mol. The number of rotatable bonds is 7. The average molecular weight is 217 g/mol. The van der Waals surface area contributed by atoms with Crippen LogP contribution >= 0.6 is 0 Å². The monoisotopic (exact) mass is 217 g/mol. The van der Waals surface area contributed by atoms with Crippen molar-refractivity contribution in [3.8, 4) is 0 Å². The smallest absolute Gasteiger partial charge is 0.320 e. The van der Waals surface area contributed by atoms with E-state index in [1.165, 1.54) is 0 Å². The van der Waals surface area contributed by atoms with Gasteiger partial charge in [-0.15, -0.1) is 0 Å². The van der Waals surface area contributed by atoms with Crippen molar-refractivity contribution in [3.63, 3.8) is 0 Å². The van der Waals surface area contributed by atoms with E-state index in [4.69, 9.17) is 5.11 Å². The highest BCUT2D eigenvalue weighted by Gasteiger charge is 2.23. The largest absolute Gasteiger partial charge is 0.480 e. The van der Waals surface area contributed by atoms with Gasteiger partial charge in [-0.2, -0.15) is 0 Å². The first-order valence-corrected chi connectivity index (χ1v) is 5.47. The van der Waals surface area contributed by atoms with Crippen LogP contribution in [0.3, 0.4) is 0 Å². The van der Waals surface area contributed by atoms with Gasteiger partial charge in [0, 0.05) is 6.54 Å². The van der Waals surface area contributed by atoms with E-state index in [2.05, 4.69) is 5.32 Å². The Balaban J connectivity index is 4.13. The van der Waals surface area contributed by atoms with E-state index < -0.39 is 17.6 Å². The molecule has 2 atom stereocenters. The van der Waals surface area contributed by atoms with Gasteiger partial charge in [-0.3, -0.25) is 4.79 Å². The van der Waals surface area contributed by atoms with Gasteiger partial charge in [-0.05, 0) is 25.7 Å². The van der Waals surface area contributed by atoms with Crippen molar-refractivity contribution in [2.75, 3.05) is 6.54 Å². The van der Waals surface area contributed by atoms with E-state index in [0.717, 1.165) is 0 Å². The number of carboxylic acid groups (broad SMARTS) is 1. The van der Waals surface area contributed by atoms with E-state index >= 15 is 0 Å². The van der Waals surface area contributed by atoms with Crippen molar-refractivity contribution in [3.05, 3.63) is 0 Å². The first-order valence-electron chi connectivity index (χ1n) is 5.47. The summed E-state index contributed by atoms with van der Waals surface area (Å²) in [6.07, 6.45) is 1.18. The summed E-state index contributed by atoms with van der Waals surface area (Å²) in [6.45, 7) is 7.85. The van der Waals surface area contributed by atoms with Crippen LogP contribution in [0.2, 0.25) is 0 Å². The van der Waals surface area contributed by atoms with Crippen molar-refractivity contribution in [1.82, 2.24) is 5.32 Å². The molecule has 15 heavy (non-hydrogen) atoms. The molecule has 0 aliphatic rings. The van der Waals surface area contributed by atoms with Gasteiger partial charge in [0.05, 0.1) is 5.60 Å². The molecule has 0 spiro atoms. The summed E-state index contributed by atoms with van der Waals surface area (Å²) < 4.78 is 0. The molecule has 4 nitrogen and oxygen atoms in total. The van der Waals surface area contributed by atoms with Gasteiger partial charge in [0.25, 0.3) is 0 Å². The fourth-order valence-corrected chi connectivity index (χ4v) is 1.21. The summed E-state index contributed by atoms with van der Waals surface area (Å²) in [7, 11) is 0. The summed E-state index contributed by atoms with van der Waals surface area (Å²) in [5, 5.41) is 21.6. The van der Waals surface area contributed by atoms with Gasteiger partial charge in [0.15, 0.2) is 0 Å². The minimum Gasteiger partial charge on any atom is -0.480 e. The molecule has 0 amide bonds. The van der Waals surface area contributed by atoms with Crippen LogP contribution in [0.4, 0.5) is 0 Å². The Bertz CT molecular complexity index is 202. The topological polar surface area (TPSA) is 69.6 Å². The number of aliphatic carboxylic acids is 1. The lowest BCUT2D eigenvalue weighted by Gasteiger charge is -2.25. The van der Waals surface area contributed by atoms with Crippen LogP contribution in [0.15, 0.2) is 0 Å². The Morgan fingerprint density at radius 3 is 2.33 bits per heavy atom. The van der Waals surface area contributed by atoms with Gasteiger partial charge >= 0.3 is 5.97 Å². The highest BCUT2D eigenvalue weighted by molar-refractivity contribution is 5.73. The number of nitrogens with one attached hydrogen (secondary N) is 1. The molecule has 3 N–H and O–H groups in total. The normalized spacial score (nSPS) is 17.5. The van der Waals surface area contributed by atoms with Crippen LogP contribution in [0.25, 0.3) is 0 Å². The van der Waals surface area contributed by atoms with Gasteiger partial charge in [0.2, 0.25) is 0 Å². The van der Waals surface area contributed by atoms with Crippen LogP contribution in [0.1, 0.15) is 40.5 Å². The highest BCUT2D eigenvalue weighted by atomic mass is 16.4. The number of aliphatic hydroxyl groups is 1. The summed E-state index contributed by atoms with van der Waals surface area (Å²) in [5.74, 6) is -0.527. The molecule has 0 aliphatic carbocycles. The zero-order chi connectivity index (χ0) is 12.1. The molecule has 0 aromatic heterocycles. The molecule has 2 unspecified atom stereocenters. The van der Waals surface area contributed by atoms with Crippen molar-refractivity contribution < 1.29 is 15.0 Å². The molecule has 0 radical (unpaired) electrons. The molecule has 90 valence electrons. The zero-order valence-electron chi connectivity index (χ0n) is 10.1. The number of hydrogen-bond acceptors (Lipinski definition) is 3. The molecule has 0 aromatic carbocycles. The Labute approximate surface area is 91.7 Å². The Kier molecular flexibility index (Phi) is 5.83. The van der Waals surface area contributed by atoms with Crippen molar-refractivity contribution in [1.29, 1.82) is 0 Å². The second kappa shape index (κ2) is 6.08. The van der Waals surface area contributed by atoms with E-state index in [1.54, 1.807) is 6.92 Å². The highest BCUT2D eigenvalue weighted by Crippen LogP contribution is 2.09. The molecule has 0 rings (SSSR count). The van der Waals surface area contributed by atoms with Crippen molar-refractivity contribution in [2.45, 2.75) is 52.2 Å². The zero-order valence-corrected chi connectivity index (χ0v) is 10.1. The van der Waals surface area contributed by atoms with Crippen molar-refractivity contribution >= 4 is 5.97 Å². The molecule has 0 bridgehead atoms. The fourth-order valence-electron chi connectivity index (χ4n) is 1.21. The maximum Gasteiger partial charge on any atom is 0.320 e. The van der Waals surface area contributed by atoms with Crippen LogP contribution in [-0.2, 0) is 4.79 Å². The van der Waals surface area contributed by atoms with Crippen molar-refractivity contribution in [2.24, 2.45) is 5.92 Å². The fraction of sp³-hybridized carbons (Fsp3) is 0.909. The lowest BCUT2D eigenvalue weighted by Crippen LogP contribution is -2.46. The van der Waals surface area contributed by atoms with E-state index in [0.29, 0.717) is 25.3 Å². The van der Waals surface area contributed by atoms with Gasteiger partial charge in [0.1, 0.15) is 6.04 Å². The SMILES string of the molecule is CCC(C)(O)CNC(CC(C)C)C(=O)O. The van der Waals surface area contributed by atoms with Crippen LogP contribution in [0.5, 0.6) is 0 Å². The third-order valence-corrected chi connectivity index (χ3v) is 2.50. The maximum absolute atomic E-state index is 10.9. The van der Waals surface area contributed by atoms with Crippen LogP contribution in [-0.4, -0.2) is 34.4 Å². The predicted octanol–water partition coefficient (Wildman–Crippen LogP) is 1.24. The summed E-state index contributed by atoms with van der Waals surface area (Å²) in [6, 6.07) is -0.567. The van der Waals surface area contributed by atoms with Crippen LogP contribution < -0.4 is 5.32 Å². The van der Waals surface area contributed by atoms with Gasteiger partial charge < -0.3 is 15.5 Å². The number of hydrogen-bond donors (Lipinski definition) is 3. The Morgan fingerprint density at radius 2 is 2.00 bits per heavy atom. The summed E-state index contributed by atoms with van der Waals surface area (Å²) in [4.78, 5) is 10.9. The maximum atomic E-state index is 10.9. The lowest BCUT2D eigenvalue weighted by atomic mass is 10.0. The molecule has 0 saturated carbocycles. The molecule has 0 fully saturated rings. The third kappa shape index (κ3) is 6.47. The van der Waals surface area contributed by atoms with Gasteiger partial charge in [-0.1, -0.05) is 20.8 Å². The quantitative estimate of drug-likeness (QED) is 0.600. The summed E-state index contributed by atoms with van der Waals surface area (Å²) in [5.41, 5.74) is -0.829. The van der Waals surface area contributed by atoms with E-state index in [-0.39, 0.29) is 0 Å². The standard InChI is InChI=1S/C11H23NO3/c1-5-11(4,15)7-12-9(10(13)14)6-8(2)3/h8-9,12,15H,5-7H2,1-4H3,(H,13,14). The summed E-state index contributed by atoms with van der Waals surface area (Å²) >= 11 is 0. The molecule has 4 heteroatoms. The first-order chi connectivity index (χ1) is 6.78. The second-order valence-electron chi connectivity index (χ2n) is 4.75. The van der Waals surface area contributed by atoms with E-state index in [1.807, 2.05) is 20.8 Å². The Hall–Kier alpha value is -0.610. The van der Waals surface area contributed by atoms with Crippen LogP contribution in [0, 0.1) is 5.92 Å². The molecule has 0 heterocycles. The minimum atomic E-state index is -0.851. The Morgan fingerprint density at radius 1 is 1.47 bits per heavy atom. The molecule has 0 aliphatic heterocycles. The lowest BCUT2D eigenvalue weighted by molar-refractivity contribution is -0.140. The molecule has 0 saturated heterocycles. The molecule has 0 aromatic rings. The average Bonchev–Trinajstić information content (AvgIpc) is 2.11. The number of carbonyl (C=O) groups is 1. The van der Waals surface area contributed by atoms with E-state index in [9.17, 15) is 9.90 Å². The minimum absolute atomic E-state index is 0.313. The second-order valence-corrected chi connectivity index (χ2v) is 4.75. The number of carboxylic acids is 1. The third-order valence-electron chi connectivity index (χ3n) is 2.50.